The largest absolute Gasteiger partial charge is 0.454 e. The molecule has 0 radical (unpaired) electrons. The predicted octanol–water partition coefficient (Wildman–Crippen LogP) is 3.07. The third-order valence-corrected chi connectivity index (χ3v) is 3.83. The SMILES string of the molecule is O=C(Nc1ccc2c(c1)OCO2)c1cnc(NCc2ccccc2)cn1. The summed E-state index contributed by atoms with van der Waals surface area (Å²) in [5, 5.41) is 5.94. The van der Waals surface area contributed by atoms with Crippen molar-refractivity contribution < 1.29 is 14.3 Å². The van der Waals surface area contributed by atoms with Crippen LogP contribution in [-0.2, 0) is 6.54 Å². The summed E-state index contributed by atoms with van der Waals surface area (Å²) in [6, 6.07) is 15.2. The Morgan fingerprint density at radius 3 is 2.65 bits per heavy atom. The van der Waals surface area contributed by atoms with Crippen LogP contribution in [0, 0.1) is 0 Å². The lowest BCUT2D eigenvalue weighted by Crippen LogP contribution is -2.14. The number of carbonyl (C=O) groups is 1. The van der Waals surface area contributed by atoms with Crippen LogP contribution in [0.2, 0.25) is 0 Å². The molecule has 1 amide bonds. The molecule has 0 unspecified atom stereocenters. The Kier molecular flexibility index (Phi) is 4.34. The summed E-state index contributed by atoms with van der Waals surface area (Å²) in [5.41, 5.74) is 1.97. The van der Waals surface area contributed by atoms with E-state index in [2.05, 4.69) is 20.6 Å². The maximum Gasteiger partial charge on any atom is 0.275 e. The molecule has 0 bridgehead atoms. The topological polar surface area (TPSA) is 85.4 Å². The van der Waals surface area contributed by atoms with Crippen LogP contribution < -0.4 is 20.1 Å². The molecule has 3 aromatic rings. The van der Waals surface area contributed by atoms with Gasteiger partial charge in [0.2, 0.25) is 6.79 Å². The highest BCUT2D eigenvalue weighted by Crippen LogP contribution is 2.34. The minimum absolute atomic E-state index is 0.190. The fraction of sp³-hybridized carbons (Fsp3) is 0.105. The number of carbonyl (C=O) groups excluding carboxylic acids is 1. The Morgan fingerprint density at radius 1 is 1.00 bits per heavy atom. The van der Waals surface area contributed by atoms with Crippen molar-refractivity contribution in [2.45, 2.75) is 6.54 Å². The van der Waals surface area contributed by atoms with Crippen LogP contribution >= 0.6 is 0 Å². The second-order valence-electron chi connectivity index (χ2n) is 5.65. The van der Waals surface area contributed by atoms with Gasteiger partial charge in [-0.2, -0.15) is 0 Å². The number of fused-ring (bicyclic) bond motifs is 1. The van der Waals surface area contributed by atoms with Gasteiger partial charge in [-0.05, 0) is 17.7 Å². The lowest BCUT2D eigenvalue weighted by atomic mass is 10.2. The number of benzene rings is 2. The van der Waals surface area contributed by atoms with Crippen LogP contribution in [0.4, 0.5) is 11.5 Å². The summed E-state index contributed by atoms with van der Waals surface area (Å²) in [6.07, 6.45) is 2.98. The molecule has 4 rings (SSSR count). The van der Waals surface area contributed by atoms with Gasteiger partial charge in [-0.3, -0.25) is 4.79 Å². The number of hydrogen-bond donors (Lipinski definition) is 2. The molecule has 0 fully saturated rings. The lowest BCUT2D eigenvalue weighted by Gasteiger charge is -2.07. The van der Waals surface area contributed by atoms with Crippen molar-refractivity contribution in [3.8, 4) is 11.5 Å². The minimum atomic E-state index is -0.342. The first-order valence-electron chi connectivity index (χ1n) is 8.09. The van der Waals surface area contributed by atoms with E-state index in [1.165, 1.54) is 12.4 Å². The summed E-state index contributed by atoms with van der Waals surface area (Å²) >= 11 is 0. The van der Waals surface area contributed by atoms with E-state index in [-0.39, 0.29) is 18.4 Å². The molecule has 2 heterocycles. The molecule has 1 aliphatic heterocycles. The molecule has 2 N–H and O–H groups in total. The van der Waals surface area contributed by atoms with Gasteiger partial charge in [0.05, 0.1) is 12.4 Å². The van der Waals surface area contributed by atoms with Gasteiger partial charge in [0.1, 0.15) is 11.5 Å². The monoisotopic (exact) mass is 348 g/mol. The zero-order valence-corrected chi connectivity index (χ0v) is 13.8. The number of nitrogens with zero attached hydrogens (tertiary/aromatic N) is 2. The molecule has 0 saturated heterocycles. The Balaban J connectivity index is 1.37. The highest BCUT2D eigenvalue weighted by atomic mass is 16.7. The van der Waals surface area contributed by atoms with E-state index in [9.17, 15) is 4.79 Å². The van der Waals surface area contributed by atoms with E-state index in [4.69, 9.17) is 9.47 Å². The average molecular weight is 348 g/mol. The van der Waals surface area contributed by atoms with Gasteiger partial charge >= 0.3 is 0 Å². The van der Waals surface area contributed by atoms with E-state index in [0.29, 0.717) is 29.5 Å². The Hall–Kier alpha value is -3.61. The van der Waals surface area contributed by atoms with Gasteiger partial charge in [0, 0.05) is 18.3 Å². The molecule has 0 aliphatic carbocycles. The van der Waals surface area contributed by atoms with Crippen LogP contribution in [-0.4, -0.2) is 22.7 Å². The number of amides is 1. The number of rotatable bonds is 5. The highest BCUT2D eigenvalue weighted by Gasteiger charge is 2.15. The quantitative estimate of drug-likeness (QED) is 0.737. The lowest BCUT2D eigenvalue weighted by molar-refractivity contribution is 0.102. The molecule has 26 heavy (non-hydrogen) atoms. The predicted molar refractivity (Wildman–Crippen MR) is 96.3 cm³/mol. The molecule has 7 nitrogen and oxygen atoms in total. The first kappa shape index (κ1) is 15.9. The van der Waals surface area contributed by atoms with Crippen molar-refractivity contribution in [2.24, 2.45) is 0 Å². The molecule has 0 saturated carbocycles. The summed E-state index contributed by atoms with van der Waals surface area (Å²) < 4.78 is 10.5. The number of anilines is 2. The number of nitrogens with one attached hydrogen (secondary N) is 2. The van der Waals surface area contributed by atoms with Gasteiger partial charge in [-0.1, -0.05) is 30.3 Å². The van der Waals surface area contributed by atoms with E-state index >= 15 is 0 Å². The van der Waals surface area contributed by atoms with Crippen molar-refractivity contribution in [1.82, 2.24) is 9.97 Å². The fourth-order valence-electron chi connectivity index (χ4n) is 2.49. The molecule has 1 aromatic heterocycles. The second kappa shape index (κ2) is 7.10. The van der Waals surface area contributed by atoms with Crippen molar-refractivity contribution >= 4 is 17.4 Å². The van der Waals surface area contributed by atoms with E-state index in [1.54, 1.807) is 18.2 Å². The second-order valence-corrected chi connectivity index (χ2v) is 5.65. The molecular weight excluding hydrogens is 332 g/mol. The maximum atomic E-state index is 12.3. The third kappa shape index (κ3) is 3.56. The summed E-state index contributed by atoms with van der Waals surface area (Å²) in [7, 11) is 0. The first-order valence-corrected chi connectivity index (χ1v) is 8.09. The summed E-state index contributed by atoms with van der Waals surface area (Å²) in [6.45, 7) is 0.827. The van der Waals surface area contributed by atoms with Crippen LogP contribution in [0.25, 0.3) is 0 Å². The van der Waals surface area contributed by atoms with Gasteiger partial charge < -0.3 is 20.1 Å². The van der Waals surface area contributed by atoms with Gasteiger partial charge in [0.15, 0.2) is 11.5 Å². The van der Waals surface area contributed by atoms with E-state index < -0.39 is 0 Å². The Morgan fingerprint density at radius 2 is 1.85 bits per heavy atom. The first-order chi connectivity index (χ1) is 12.8. The highest BCUT2D eigenvalue weighted by molar-refractivity contribution is 6.02. The molecule has 7 heteroatoms. The van der Waals surface area contributed by atoms with Gasteiger partial charge in [-0.15, -0.1) is 0 Å². The number of aromatic nitrogens is 2. The Bertz CT molecular complexity index is 914. The molecule has 1 aliphatic rings. The standard InChI is InChI=1S/C19H16N4O3/c24-19(23-14-6-7-16-17(8-14)26-12-25-16)15-10-22-18(11-20-15)21-9-13-4-2-1-3-5-13/h1-8,10-11H,9,12H2,(H,21,22)(H,23,24). The van der Waals surface area contributed by atoms with Gasteiger partial charge in [-0.25, -0.2) is 9.97 Å². The number of hydrogen-bond acceptors (Lipinski definition) is 6. The number of ether oxygens (including phenoxy) is 2. The van der Waals surface area contributed by atoms with Crippen LogP contribution in [0.15, 0.2) is 60.9 Å². The normalized spacial score (nSPS) is 11.8. The molecule has 130 valence electrons. The molecule has 0 spiro atoms. The zero-order chi connectivity index (χ0) is 17.8. The Labute approximate surface area is 150 Å². The maximum absolute atomic E-state index is 12.3. The van der Waals surface area contributed by atoms with Gasteiger partial charge in [0.25, 0.3) is 5.91 Å². The van der Waals surface area contributed by atoms with Crippen molar-refractivity contribution in [1.29, 1.82) is 0 Å². The molecule has 0 atom stereocenters. The third-order valence-electron chi connectivity index (χ3n) is 3.83. The van der Waals surface area contributed by atoms with Crippen LogP contribution in [0.3, 0.4) is 0 Å². The van der Waals surface area contributed by atoms with Crippen LogP contribution in [0.5, 0.6) is 11.5 Å². The summed E-state index contributed by atoms with van der Waals surface area (Å²) in [4.78, 5) is 20.7. The van der Waals surface area contributed by atoms with Crippen molar-refractivity contribution in [3.63, 3.8) is 0 Å². The zero-order valence-electron chi connectivity index (χ0n) is 13.8. The van der Waals surface area contributed by atoms with Crippen molar-refractivity contribution in [2.75, 3.05) is 17.4 Å². The summed E-state index contributed by atoms with van der Waals surface area (Å²) in [5.74, 6) is 1.53. The molecule has 2 aromatic carbocycles. The van der Waals surface area contributed by atoms with Crippen molar-refractivity contribution in [3.05, 3.63) is 72.2 Å². The van der Waals surface area contributed by atoms with E-state index in [0.717, 1.165) is 5.56 Å². The minimum Gasteiger partial charge on any atom is -0.454 e. The average Bonchev–Trinajstić information content (AvgIpc) is 3.15. The molecular formula is C19H16N4O3. The van der Waals surface area contributed by atoms with Crippen LogP contribution in [0.1, 0.15) is 16.1 Å². The fourth-order valence-corrected chi connectivity index (χ4v) is 2.49. The smallest absolute Gasteiger partial charge is 0.275 e. The van der Waals surface area contributed by atoms with E-state index in [1.807, 2.05) is 30.3 Å².